The van der Waals surface area contributed by atoms with Crippen LogP contribution in [0.4, 0.5) is 0 Å². The maximum Gasteiger partial charge on any atom is 0.0974 e. The number of hydrogen-bond donors (Lipinski definition) is 1. The monoisotopic (exact) mass is 205 g/mol. The molecule has 2 N–H and O–H groups in total. The van der Waals surface area contributed by atoms with Crippen molar-refractivity contribution in [1.29, 1.82) is 0 Å². The molecule has 1 aliphatic carbocycles. The smallest absolute Gasteiger partial charge is 0.0974 e. The third-order valence-corrected chi connectivity index (χ3v) is 3.43. The largest absolute Gasteiger partial charge is 0.375 e. The highest BCUT2D eigenvalue weighted by Crippen LogP contribution is 2.35. The van der Waals surface area contributed by atoms with E-state index in [1.165, 1.54) is 24.8 Å². The second-order valence-corrected chi connectivity index (χ2v) is 4.34. The van der Waals surface area contributed by atoms with E-state index < -0.39 is 0 Å². The molecular weight excluding hydrogens is 186 g/mol. The second kappa shape index (κ2) is 4.77. The second-order valence-electron chi connectivity index (χ2n) is 4.34. The van der Waals surface area contributed by atoms with Gasteiger partial charge in [-0.3, -0.25) is 0 Å². The Morgan fingerprint density at radius 1 is 1.27 bits per heavy atom. The van der Waals surface area contributed by atoms with Gasteiger partial charge in [-0.15, -0.1) is 0 Å². The van der Waals surface area contributed by atoms with Gasteiger partial charge in [0.25, 0.3) is 0 Å². The van der Waals surface area contributed by atoms with Gasteiger partial charge in [0, 0.05) is 13.2 Å². The lowest BCUT2D eigenvalue weighted by molar-refractivity contribution is 0.0444. The topological polar surface area (TPSA) is 35.2 Å². The highest BCUT2D eigenvalue weighted by molar-refractivity contribution is 5.19. The average Bonchev–Trinajstić information content (AvgIpc) is 2.18. The molecule has 1 aromatic carbocycles. The van der Waals surface area contributed by atoms with Gasteiger partial charge in [0.2, 0.25) is 0 Å². The first-order chi connectivity index (χ1) is 7.33. The SMILES string of the molecule is COC(c1ccccc1)C(N)C1CCC1. The lowest BCUT2D eigenvalue weighted by atomic mass is 9.77. The summed E-state index contributed by atoms with van der Waals surface area (Å²) in [6.07, 6.45) is 3.89. The first-order valence-electron chi connectivity index (χ1n) is 5.66. The summed E-state index contributed by atoms with van der Waals surface area (Å²) in [6.45, 7) is 0. The van der Waals surface area contributed by atoms with Crippen LogP contribution in [0.5, 0.6) is 0 Å². The molecule has 0 amide bonds. The Bertz CT molecular complexity index is 295. The van der Waals surface area contributed by atoms with Crippen LogP contribution in [0.15, 0.2) is 30.3 Å². The van der Waals surface area contributed by atoms with Gasteiger partial charge in [-0.2, -0.15) is 0 Å². The Kier molecular flexibility index (Phi) is 3.39. The van der Waals surface area contributed by atoms with E-state index in [0.717, 1.165) is 0 Å². The summed E-state index contributed by atoms with van der Waals surface area (Å²) in [7, 11) is 1.75. The predicted octanol–water partition coefficient (Wildman–Crippen LogP) is 2.50. The average molecular weight is 205 g/mol. The molecular formula is C13H19NO. The maximum absolute atomic E-state index is 6.24. The van der Waals surface area contributed by atoms with E-state index in [0.29, 0.717) is 5.92 Å². The van der Waals surface area contributed by atoms with Crippen molar-refractivity contribution >= 4 is 0 Å². The van der Waals surface area contributed by atoms with Crippen LogP contribution in [0.1, 0.15) is 30.9 Å². The van der Waals surface area contributed by atoms with Crippen molar-refractivity contribution in [2.75, 3.05) is 7.11 Å². The van der Waals surface area contributed by atoms with Crippen LogP contribution in [-0.2, 0) is 4.74 Å². The third-order valence-electron chi connectivity index (χ3n) is 3.43. The van der Waals surface area contributed by atoms with Crippen molar-refractivity contribution in [3.8, 4) is 0 Å². The molecule has 0 radical (unpaired) electrons. The number of methoxy groups -OCH3 is 1. The van der Waals surface area contributed by atoms with Gasteiger partial charge >= 0.3 is 0 Å². The number of ether oxygens (including phenoxy) is 1. The zero-order chi connectivity index (χ0) is 10.7. The van der Waals surface area contributed by atoms with Gasteiger partial charge in [0.1, 0.15) is 0 Å². The fourth-order valence-electron chi connectivity index (χ4n) is 2.23. The van der Waals surface area contributed by atoms with Crippen LogP contribution in [0.25, 0.3) is 0 Å². The van der Waals surface area contributed by atoms with Crippen molar-refractivity contribution in [3.63, 3.8) is 0 Å². The zero-order valence-corrected chi connectivity index (χ0v) is 9.23. The Morgan fingerprint density at radius 3 is 2.40 bits per heavy atom. The number of benzene rings is 1. The van der Waals surface area contributed by atoms with Crippen molar-refractivity contribution < 1.29 is 4.74 Å². The van der Waals surface area contributed by atoms with Gasteiger partial charge in [0.05, 0.1) is 6.10 Å². The molecule has 1 saturated carbocycles. The molecule has 82 valence electrons. The van der Waals surface area contributed by atoms with Crippen molar-refractivity contribution in [2.45, 2.75) is 31.4 Å². The van der Waals surface area contributed by atoms with E-state index in [2.05, 4.69) is 12.1 Å². The lowest BCUT2D eigenvalue weighted by Crippen LogP contribution is -2.40. The molecule has 15 heavy (non-hydrogen) atoms. The molecule has 0 spiro atoms. The van der Waals surface area contributed by atoms with Crippen LogP contribution in [-0.4, -0.2) is 13.2 Å². The van der Waals surface area contributed by atoms with E-state index >= 15 is 0 Å². The Hall–Kier alpha value is -0.860. The standard InChI is InChI=1S/C13H19NO/c1-15-13(11-6-3-2-4-7-11)12(14)10-8-5-9-10/h2-4,6-7,10,12-13H,5,8-9,14H2,1H3. The normalized spacial score (nSPS) is 20.7. The first-order valence-corrected chi connectivity index (χ1v) is 5.66. The molecule has 0 bridgehead atoms. The fraction of sp³-hybridized carbons (Fsp3) is 0.538. The first kappa shape index (κ1) is 10.7. The van der Waals surface area contributed by atoms with E-state index in [1.54, 1.807) is 7.11 Å². The number of nitrogens with two attached hydrogens (primary N) is 1. The Labute approximate surface area is 91.4 Å². The number of hydrogen-bond acceptors (Lipinski definition) is 2. The summed E-state index contributed by atoms with van der Waals surface area (Å²) in [5.41, 5.74) is 7.43. The highest BCUT2D eigenvalue weighted by atomic mass is 16.5. The Balaban J connectivity index is 2.09. The third kappa shape index (κ3) is 2.21. The lowest BCUT2D eigenvalue weighted by Gasteiger charge is -2.35. The molecule has 2 atom stereocenters. The van der Waals surface area contributed by atoms with Crippen molar-refractivity contribution in [3.05, 3.63) is 35.9 Å². The summed E-state index contributed by atoms with van der Waals surface area (Å²) < 4.78 is 5.53. The Morgan fingerprint density at radius 2 is 1.93 bits per heavy atom. The van der Waals surface area contributed by atoms with Gasteiger partial charge in [-0.05, 0) is 24.3 Å². The molecule has 2 unspecified atom stereocenters. The van der Waals surface area contributed by atoms with Crippen LogP contribution in [0.3, 0.4) is 0 Å². The molecule has 0 heterocycles. The van der Waals surface area contributed by atoms with Gasteiger partial charge in [0.15, 0.2) is 0 Å². The van der Waals surface area contributed by atoms with Crippen LogP contribution in [0.2, 0.25) is 0 Å². The van der Waals surface area contributed by atoms with E-state index in [1.807, 2.05) is 18.2 Å². The summed E-state index contributed by atoms with van der Waals surface area (Å²) in [5, 5.41) is 0. The highest BCUT2D eigenvalue weighted by Gasteiger charge is 2.31. The molecule has 0 aliphatic heterocycles. The number of rotatable bonds is 4. The van der Waals surface area contributed by atoms with Crippen LogP contribution < -0.4 is 5.73 Å². The van der Waals surface area contributed by atoms with E-state index in [-0.39, 0.29) is 12.1 Å². The van der Waals surface area contributed by atoms with Gasteiger partial charge in [-0.25, -0.2) is 0 Å². The molecule has 1 aliphatic rings. The molecule has 2 rings (SSSR count). The molecule has 0 aromatic heterocycles. The zero-order valence-electron chi connectivity index (χ0n) is 9.23. The van der Waals surface area contributed by atoms with E-state index in [9.17, 15) is 0 Å². The minimum Gasteiger partial charge on any atom is -0.375 e. The minimum atomic E-state index is 0.0523. The summed E-state index contributed by atoms with van der Waals surface area (Å²) >= 11 is 0. The molecule has 1 aromatic rings. The molecule has 2 nitrogen and oxygen atoms in total. The minimum absolute atomic E-state index is 0.0523. The molecule has 2 heteroatoms. The summed E-state index contributed by atoms with van der Waals surface area (Å²) in [4.78, 5) is 0. The van der Waals surface area contributed by atoms with Crippen molar-refractivity contribution in [2.24, 2.45) is 11.7 Å². The fourth-order valence-corrected chi connectivity index (χ4v) is 2.23. The quantitative estimate of drug-likeness (QED) is 0.819. The van der Waals surface area contributed by atoms with Crippen molar-refractivity contribution in [1.82, 2.24) is 0 Å². The summed E-state index contributed by atoms with van der Waals surface area (Å²) in [6, 6.07) is 10.4. The molecule has 1 fully saturated rings. The van der Waals surface area contributed by atoms with Crippen LogP contribution in [0, 0.1) is 5.92 Å². The van der Waals surface area contributed by atoms with Crippen LogP contribution >= 0.6 is 0 Å². The van der Waals surface area contributed by atoms with Gasteiger partial charge in [-0.1, -0.05) is 36.8 Å². The maximum atomic E-state index is 6.24. The predicted molar refractivity (Wildman–Crippen MR) is 61.5 cm³/mol. The molecule has 0 saturated heterocycles. The van der Waals surface area contributed by atoms with Gasteiger partial charge < -0.3 is 10.5 Å². The summed E-state index contributed by atoms with van der Waals surface area (Å²) in [5.74, 6) is 0.648. The van der Waals surface area contributed by atoms with E-state index in [4.69, 9.17) is 10.5 Å².